The fourth-order valence-electron chi connectivity index (χ4n) is 4.71. The van der Waals surface area contributed by atoms with Crippen molar-refractivity contribution in [2.24, 2.45) is 0 Å². The molecule has 1 N–H and O–H groups in total. The number of benzene rings is 2. The maximum absolute atomic E-state index is 14.2. The topological polar surface area (TPSA) is 66.0 Å². The molecule has 0 spiro atoms. The number of fused-ring (bicyclic) bond motifs is 1. The maximum atomic E-state index is 14.2. The summed E-state index contributed by atoms with van der Waals surface area (Å²) < 4.78 is 39.2. The van der Waals surface area contributed by atoms with Crippen LogP contribution in [-0.4, -0.2) is 41.6 Å². The van der Waals surface area contributed by atoms with Crippen LogP contribution in [0, 0.1) is 5.82 Å². The summed E-state index contributed by atoms with van der Waals surface area (Å²) in [7, 11) is 0. The molecule has 2 aliphatic rings. The molecule has 1 aliphatic carbocycles. The van der Waals surface area contributed by atoms with Crippen molar-refractivity contribution < 1.29 is 28.1 Å². The summed E-state index contributed by atoms with van der Waals surface area (Å²) in [6, 6.07) is 16.2. The zero-order valence-corrected chi connectivity index (χ0v) is 20.3. The summed E-state index contributed by atoms with van der Waals surface area (Å²) in [5.41, 5.74) is 0.240. The Morgan fingerprint density at radius 3 is 2.47 bits per heavy atom. The van der Waals surface area contributed by atoms with Crippen molar-refractivity contribution >= 4 is 5.91 Å². The lowest BCUT2D eigenvalue weighted by Crippen LogP contribution is -2.60. The molecule has 1 amide bonds. The molecule has 2 fully saturated rings. The van der Waals surface area contributed by atoms with E-state index in [1.165, 1.54) is 6.07 Å². The van der Waals surface area contributed by atoms with E-state index in [2.05, 4.69) is 5.32 Å². The van der Waals surface area contributed by atoms with Gasteiger partial charge >= 0.3 is 0 Å². The van der Waals surface area contributed by atoms with Crippen molar-refractivity contribution in [1.29, 1.82) is 0 Å². The largest absolute Gasteiger partial charge is 0.370 e. The molecule has 34 heavy (non-hydrogen) atoms. The van der Waals surface area contributed by atoms with Crippen molar-refractivity contribution in [1.82, 2.24) is 5.32 Å². The van der Waals surface area contributed by atoms with Crippen LogP contribution in [0.3, 0.4) is 0 Å². The second kappa shape index (κ2) is 10.1. The van der Waals surface area contributed by atoms with Crippen LogP contribution < -0.4 is 5.32 Å². The lowest BCUT2D eigenvalue weighted by atomic mass is 9.78. The highest BCUT2D eigenvalue weighted by molar-refractivity contribution is 5.85. The van der Waals surface area contributed by atoms with E-state index >= 15 is 0 Å². The summed E-state index contributed by atoms with van der Waals surface area (Å²) in [6.07, 6.45) is -0.696. The second-order valence-corrected chi connectivity index (χ2v) is 9.88. The number of amides is 1. The van der Waals surface area contributed by atoms with Gasteiger partial charge in [-0.25, -0.2) is 4.39 Å². The lowest BCUT2D eigenvalue weighted by Gasteiger charge is -2.43. The van der Waals surface area contributed by atoms with Gasteiger partial charge in [-0.15, -0.1) is 0 Å². The molecule has 0 bridgehead atoms. The van der Waals surface area contributed by atoms with Gasteiger partial charge in [-0.3, -0.25) is 4.79 Å². The Hall–Kier alpha value is -2.32. The van der Waals surface area contributed by atoms with Crippen LogP contribution in [0.5, 0.6) is 0 Å². The van der Waals surface area contributed by atoms with Crippen LogP contribution in [0.4, 0.5) is 4.39 Å². The van der Waals surface area contributed by atoms with Gasteiger partial charge in [0, 0.05) is 24.4 Å². The Morgan fingerprint density at radius 2 is 1.76 bits per heavy atom. The Kier molecular flexibility index (Phi) is 7.38. The first kappa shape index (κ1) is 24.8. The number of nitrogens with one attached hydrogen (secondary N) is 1. The number of carbonyl (C=O) groups is 1. The van der Waals surface area contributed by atoms with E-state index in [-0.39, 0.29) is 43.5 Å². The van der Waals surface area contributed by atoms with E-state index in [0.29, 0.717) is 12.0 Å². The second-order valence-electron chi connectivity index (χ2n) is 9.88. The number of halogens is 1. The molecule has 6 nitrogen and oxygen atoms in total. The number of hydrogen-bond acceptors (Lipinski definition) is 5. The first-order valence-corrected chi connectivity index (χ1v) is 11.9. The van der Waals surface area contributed by atoms with E-state index in [9.17, 15) is 9.18 Å². The van der Waals surface area contributed by atoms with Gasteiger partial charge in [0.1, 0.15) is 11.9 Å². The number of carbonyl (C=O) groups excluding carboxylic acids is 1. The Bertz CT molecular complexity index is 982. The normalized spacial score (nSPS) is 28.0. The van der Waals surface area contributed by atoms with E-state index in [4.69, 9.17) is 18.9 Å². The monoisotopic (exact) mass is 471 g/mol. The molecule has 1 unspecified atom stereocenters. The van der Waals surface area contributed by atoms with Gasteiger partial charge in [-0.05, 0) is 39.3 Å². The molecule has 1 aliphatic heterocycles. The van der Waals surface area contributed by atoms with Crippen LogP contribution >= 0.6 is 0 Å². The van der Waals surface area contributed by atoms with Gasteiger partial charge < -0.3 is 24.3 Å². The predicted molar refractivity (Wildman–Crippen MR) is 125 cm³/mol. The highest BCUT2D eigenvalue weighted by Gasteiger charge is 2.58. The van der Waals surface area contributed by atoms with Crippen LogP contribution in [-0.2, 0) is 37.0 Å². The SMILES string of the molecule is CC(C)NC(=O)[C@@]1(OCc2ccccc2)CC(OCc2ccccc2F)[C@@H]2OC(C)(C)O[C@@H]2C1. The number of rotatable bonds is 8. The van der Waals surface area contributed by atoms with Crippen LogP contribution in [0.15, 0.2) is 54.6 Å². The third-order valence-electron chi connectivity index (χ3n) is 6.25. The van der Waals surface area contributed by atoms with E-state index in [1.807, 2.05) is 58.0 Å². The van der Waals surface area contributed by atoms with Gasteiger partial charge in [0.25, 0.3) is 5.91 Å². The number of hydrogen-bond donors (Lipinski definition) is 1. The van der Waals surface area contributed by atoms with Gasteiger partial charge in [-0.1, -0.05) is 48.5 Å². The molecule has 0 radical (unpaired) electrons. The first-order chi connectivity index (χ1) is 16.2. The summed E-state index contributed by atoms with van der Waals surface area (Å²) in [5, 5.41) is 3.02. The van der Waals surface area contributed by atoms with Gasteiger partial charge in [0.15, 0.2) is 11.4 Å². The van der Waals surface area contributed by atoms with Crippen molar-refractivity contribution in [2.75, 3.05) is 0 Å². The van der Waals surface area contributed by atoms with Crippen LogP contribution in [0.1, 0.15) is 51.7 Å². The molecule has 4 rings (SSSR count). The Balaban J connectivity index is 1.61. The highest BCUT2D eigenvalue weighted by Crippen LogP contribution is 2.44. The zero-order chi connectivity index (χ0) is 24.3. The average Bonchev–Trinajstić information content (AvgIpc) is 3.11. The summed E-state index contributed by atoms with van der Waals surface area (Å²) in [6.45, 7) is 7.86. The predicted octanol–water partition coefficient (Wildman–Crippen LogP) is 4.51. The first-order valence-electron chi connectivity index (χ1n) is 11.9. The summed E-state index contributed by atoms with van der Waals surface area (Å²) in [5.74, 6) is -1.36. The molecule has 0 aromatic heterocycles. The average molecular weight is 472 g/mol. The molecular weight excluding hydrogens is 437 g/mol. The molecule has 7 heteroatoms. The molecule has 1 saturated carbocycles. The third kappa shape index (κ3) is 5.66. The third-order valence-corrected chi connectivity index (χ3v) is 6.25. The molecule has 2 aromatic rings. The van der Waals surface area contributed by atoms with E-state index in [0.717, 1.165) is 5.56 Å². The van der Waals surface area contributed by atoms with Crippen molar-refractivity contribution in [3.05, 3.63) is 71.5 Å². The van der Waals surface area contributed by atoms with Crippen LogP contribution in [0.25, 0.3) is 0 Å². The van der Waals surface area contributed by atoms with Crippen LogP contribution in [0.2, 0.25) is 0 Å². The quantitative estimate of drug-likeness (QED) is 0.614. The minimum Gasteiger partial charge on any atom is -0.370 e. The Morgan fingerprint density at radius 1 is 1.06 bits per heavy atom. The van der Waals surface area contributed by atoms with Gasteiger partial charge in [-0.2, -0.15) is 0 Å². The van der Waals surface area contributed by atoms with Crippen molar-refractivity contribution in [3.8, 4) is 0 Å². The fourth-order valence-corrected chi connectivity index (χ4v) is 4.71. The molecule has 4 atom stereocenters. The smallest absolute Gasteiger partial charge is 0.252 e. The summed E-state index contributed by atoms with van der Waals surface area (Å²) >= 11 is 0. The minimum atomic E-state index is -1.18. The van der Waals surface area contributed by atoms with Crippen molar-refractivity contribution in [2.45, 2.75) is 89.5 Å². The zero-order valence-electron chi connectivity index (χ0n) is 20.3. The highest BCUT2D eigenvalue weighted by atomic mass is 19.1. The Labute approximate surface area is 200 Å². The standard InChI is InChI=1S/C27H34FNO5/c1-18(2)29-25(30)27(32-16-19-10-6-5-7-11-19)14-22(24-23(15-27)33-26(3,4)34-24)31-17-20-12-8-9-13-21(20)28/h5-13,18,22-24H,14-17H2,1-4H3,(H,29,30)/t22?,23-,24+,27-/m1/s1. The lowest BCUT2D eigenvalue weighted by molar-refractivity contribution is -0.184. The van der Waals surface area contributed by atoms with Gasteiger partial charge in [0.05, 0.1) is 25.4 Å². The van der Waals surface area contributed by atoms with E-state index < -0.39 is 23.6 Å². The fraction of sp³-hybridized carbons (Fsp3) is 0.519. The summed E-state index contributed by atoms with van der Waals surface area (Å²) in [4.78, 5) is 13.5. The van der Waals surface area contributed by atoms with E-state index in [1.54, 1.807) is 18.2 Å². The van der Waals surface area contributed by atoms with Crippen molar-refractivity contribution in [3.63, 3.8) is 0 Å². The minimum absolute atomic E-state index is 0.0580. The number of ether oxygens (including phenoxy) is 4. The molecule has 1 saturated heterocycles. The maximum Gasteiger partial charge on any atom is 0.252 e. The molecule has 184 valence electrons. The van der Waals surface area contributed by atoms with Gasteiger partial charge in [0.2, 0.25) is 0 Å². The molecular formula is C27H34FNO5. The molecule has 2 aromatic carbocycles. The molecule has 1 heterocycles.